The first-order chi connectivity index (χ1) is 9.89. The lowest BCUT2D eigenvalue weighted by molar-refractivity contribution is -0.128. The highest BCUT2D eigenvalue weighted by Gasteiger charge is 2.31. The Balaban J connectivity index is 1.94. The van der Waals surface area contributed by atoms with E-state index in [4.69, 9.17) is 4.74 Å². The first-order valence-corrected chi connectivity index (χ1v) is 8.65. The van der Waals surface area contributed by atoms with E-state index in [1.165, 1.54) is 24.3 Å². The predicted molar refractivity (Wildman–Crippen MR) is 76.3 cm³/mol. The Morgan fingerprint density at radius 1 is 1.43 bits per heavy atom. The number of amides is 1. The average Bonchev–Trinajstić information content (AvgIpc) is 2.77. The van der Waals surface area contributed by atoms with E-state index < -0.39 is 15.9 Å². The monoisotopic (exact) mass is 315 g/mol. The Labute approximate surface area is 123 Å². The fraction of sp³-hybridized carbons (Fsp3) is 0.500. The second-order valence-electron chi connectivity index (χ2n) is 5.08. The third kappa shape index (κ3) is 4.42. The van der Waals surface area contributed by atoms with Crippen LogP contribution in [-0.2, 0) is 14.6 Å². The van der Waals surface area contributed by atoms with Crippen molar-refractivity contribution in [2.45, 2.75) is 31.9 Å². The number of carbonyl (C=O) groups excluding carboxylic acids is 1. The molecule has 7 heteroatoms. The highest BCUT2D eigenvalue weighted by Crippen LogP contribution is 2.16. The van der Waals surface area contributed by atoms with Crippen LogP contribution in [0.2, 0.25) is 0 Å². The van der Waals surface area contributed by atoms with Gasteiger partial charge < -0.3 is 10.1 Å². The highest BCUT2D eigenvalue weighted by molar-refractivity contribution is 7.91. The maximum atomic E-state index is 12.8. The van der Waals surface area contributed by atoms with E-state index >= 15 is 0 Å². The summed E-state index contributed by atoms with van der Waals surface area (Å²) in [5.41, 5.74) is 0. The van der Waals surface area contributed by atoms with E-state index in [1.807, 2.05) is 0 Å². The van der Waals surface area contributed by atoms with Crippen molar-refractivity contribution in [2.24, 2.45) is 0 Å². The van der Waals surface area contributed by atoms with Gasteiger partial charge in [0.05, 0.1) is 11.5 Å². The fourth-order valence-corrected chi connectivity index (χ4v) is 3.88. The van der Waals surface area contributed by atoms with Gasteiger partial charge in [-0.1, -0.05) is 6.92 Å². The minimum Gasteiger partial charge on any atom is -0.481 e. The molecule has 0 aliphatic carbocycles. The van der Waals surface area contributed by atoms with E-state index in [-0.39, 0.29) is 29.3 Å². The molecule has 1 aromatic rings. The number of rotatable bonds is 5. The van der Waals surface area contributed by atoms with Crippen molar-refractivity contribution in [2.75, 3.05) is 11.5 Å². The Morgan fingerprint density at radius 3 is 2.62 bits per heavy atom. The molecule has 0 aromatic heterocycles. The fourth-order valence-electron chi connectivity index (χ4n) is 2.20. The summed E-state index contributed by atoms with van der Waals surface area (Å²) in [4.78, 5) is 12.1. The number of halogens is 1. The third-order valence-electron chi connectivity index (χ3n) is 3.33. The Kier molecular flexibility index (Phi) is 4.82. The zero-order chi connectivity index (χ0) is 15.5. The van der Waals surface area contributed by atoms with E-state index in [9.17, 15) is 17.6 Å². The molecule has 21 heavy (non-hydrogen) atoms. The maximum absolute atomic E-state index is 12.8. The second-order valence-corrected chi connectivity index (χ2v) is 7.31. The molecule has 0 spiro atoms. The molecule has 2 atom stereocenters. The molecule has 0 radical (unpaired) electrons. The molecule has 1 aliphatic heterocycles. The summed E-state index contributed by atoms with van der Waals surface area (Å²) >= 11 is 0. The van der Waals surface area contributed by atoms with E-state index in [2.05, 4.69) is 5.32 Å². The largest absolute Gasteiger partial charge is 0.481 e. The van der Waals surface area contributed by atoms with Crippen LogP contribution in [-0.4, -0.2) is 38.0 Å². The summed E-state index contributed by atoms with van der Waals surface area (Å²) in [6.45, 7) is 1.79. The molecule has 1 fully saturated rings. The van der Waals surface area contributed by atoms with Gasteiger partial charge >= 0.3 is 0 Å². The quantitative estimate of drug-likeness (QED) is 0.888. The summed E-state index contributed by atoms with van der Waals surface area (Å²) in [5.74, 6) is -0.239. The number of nitrogens with one attached hydrogen (secondary N) is 1. The first kappa shape index (κ1) is 15.8. The molecule has 1 aliphatic rings. The molecule has 1 heterocycles. The van der Waals surface area contributed by atoms with Crippen molar-refractivity contribution in [1.29, 1.82) is 0 Å². The summed E-state index contributed by atoms with van der Waals surface area (Å²) < 4.78 is 41.1. The number of hydrogen-bond acceptors (Lipinski definition) is 4. The molecule has 0 unspecified atom stereocenters. The van der Waals surface area contributed by atoms with Gasteiger partial charge in [-0.3, -0.25) is 4.79 Å². The number of benzene rings is 1. The number of ether oxygens (including phenoxy) is 1. The molecule has 1 amide bonds. The summed E-state index contributed by atoms with van der Waals surface area (Å²) in [6, 6.07) is 5.05. The normalized spacial score (nSPS) is 21.7. The van der Waals surface area contributed by atoms with Gasteiger partial charge in [0.15, 0.2) is 15.9 Å². The van der Waals surface area contributed by atoms with Crippen molar-refractivity contribution < 1.29 is 22.3 Å². The molecular weight excluding hydrogens is 297 g/mol. The molecule has 1 aromatic carbocycles. The van der Waals surface area contributed by atoms with Crippen molar-refractivity contribution in [3.8, 4) is 5.75 Å². The van der Waals surface area contributed by atoms with Crippen LogP contribution in [0.15, 0.2) is 24.3 Å². The van der Waals surface area contributed by atoms with Crippen LogP contribution in [0.4, 0.5) is 4.39 Å². The molecule has 1 N–H and O–H groups in total. The molecule has 5 nitrogen and oxygen atoms in total. The average molecular weight is 315 g/mol. The Morgan fingerprint density at radius 2 is 2.10 bits per heavy atom. The van der Waals surface area contributed by atoms with Crippen LogP contribution in [0.1, 0.15) is 19.8 Å². The first-order valence-electron chi connectivity index (χ1n) is 6.82. The van der Waals surface area contributed by atoms with Crippen molar-refractivity contribution >= 4 is 15.7 Å². The predicted octanol–water partition coefficient (Wildman–Crippen LogP) is 1.29. The van der Waals surface area contributed by atoms with E-state index in [0.29, 0.717) is 18.6 Å². The summed E-state index contributed by atoms with van der Waals surface area (Å²) in [6.07, 6.45) is 0.141. The third-order valence-corrected chi connectivity index (χ3v) is 5.10. The van der Waals surface area contributed by atoms with Gasteiger partial charge in [0.25, 0.3) is 5.91 Å². The van der Waals surface area contributed by atoms with Crippen molar-refractivity contribution in [3.63, 3.8) is 0 Å². The molecule has 1 saturated heterocycles. The number of sulfone groups is 1. The number of carbonyl (C=O) groups is 1. The number of hydrogen-bond donors (Lipinski definition) is 1. The Bertz CT molecular complexity index is 600. The van der Waals surface area contributed by atoms with Crippen LogP contribution in [0.5, 0.6) is 5.75 Å². The lowest BCUT2D eigenvalue weighted by Crippen LogP contribution is -2.44. The highest BCUT2D eigenvalue weighted by atomic mass is 32.2. The van der Waals surface area contributed by atoms with Gasteiger partial charge in [0.2, 0.25) is 0 Å². The van der Waals surface area contributed by atoms with Gasteiger partial charge in [-0.15, -0.1) is 0 Å². The Hall–Kier alpha value is -1.63. The minimum atomic E-state index is -3.03. The van der Waals surface area contributed by atoms with Crippen LogP contribution in [0.25, 0.3) is 0 Å². The lowest BCUT2D eigenvalue weighted by Gasteiger charge is -2.19. The van der Waals surface area contributed by atoms with E-state index in [1.54, 1.807) is 6.92 Å². The van der Waals surface area contributed by atoms with Crippen LogP contribution in [0, 0.1) is 5.82 Å². The van der Waals surface area contributed by atoms with Crippen LogP contribution in [0.3, 0.4) is 0 Å². The molecule has 2 rings (SSSR count). The standard InChI is InChI=1S/C14H18FNO4S/c1-2-13(20-12-5-3-10(15)4-6-12)14(17)16-11-7-8-21(18,19)9-11/h3-6,11,13H,2,7-9H2,1H3,(H,16,17)/t11-,13+/m1/s1. The zero-order valence-corrected chi connectivity index (χ0v) is 12.5. The van der Waals surface area contributed by atoms with Crippen molar-refractivity contribution in [3.05, 3.63) is 30.1 Å². The molecule has 116 valence electrons. The second kappa shape index (κ2) is 6.43. The zero-order valence-electron chi connectivity index (χ0n) is 11.7. The van der Waals surface area contributed by atoms with Crippen LogP contribution >= 0.6 is 0 Å². The van der Waals surface area contributed by atoms with Gasteiger partial charge in [-0.25, -0.2) is 12.8 Å². The summed E-state index contributed by atoms with van der Waals surface area (Å²) in [5, 5.41) is 2.70. The summed E-state index contributed by atoms with van der Waals surface area (Å²) in [7, 11) is -3.03. The topological polar surface area (TPSA) is 72.5 Å². The minimum absolute atomic E-state index is 0.0221. The van der Waals surface area contributed by atoms with Gasteiger partial charge in [0.1, 0.15) is 11.6 Å². The maximum Gasteiger partial charge on any atom is 0.261 e. The van der Waals surface area contributed by atoms with Gasteiger partial charge in [0, 0.05) is 6.04 Å². The molecule has 0 bridgehead atoms. The van der Waals surface area contributed by atoms with Crippen molar-refractivity contribution in [1.82, 2.24) is 5.32 Å². The van der Waals surface area contributed by atoms with E-state index in [0.717, 1.165) is 0 Å². The smallest absolute Gasteiger partial charge is 0.261 e. The lowest BCUT2D eigenvalue weighted by atomic mass is 10.2. The molecule has 0 saturated carbocycles. The van der Waals surface area contributed by atoms with Gasteiger partial charge in [-0.05, 0) is 37.1 Å². The van der Waals surface area contributed by atoms with Crippen LogP contribution < -0.4 is 10.1 Å². The molecular formula is C14H18FNO4S. The SMILES string of the molecule is CC[C@H](Oc1ccc(F)cc1)C(=O)N[C@@H]1CCS(=O)(=O)C1. The van der Waals surface area contributed by atoms with Gasteiger partial charge in [-0.2, -0.15) is 0 Å².